The number of halogens is 1. The van der Waals surface area contributed by atoms with Crippen molar-refractivity contribution in [2.75, 3.05) is 0 Å². The van der Waals surface area contributed by atoms with Crippen LogP contribution in [0.2, 0.25) is 0 Å². The minimum Gasteiger partial charge on any atom is -0.549 e. The minimum atomic E-state index is -1.84. The predicted octanol–water partition coefficient (Wildman–Crippen LogP) is -3.74. The van der Waals surface area contributed by atoms with E-state index < -0.39 is 17.9 Å². The molecule has 0 heterocycles. The van der Waals surface area contributed by atoms with Crippen LogP contribution in [0.15, 0.2) is 0 Å². The average Bonchev–Trinajstić information content (AvgIpc) is 1.64. The van der Waals surface area contributed by atoms with Gasteiger partial charge in [0.15, 0.2) is 0 Å². The number of carbonyl (C=O) groups excluding carboxylic acids is 2. The standard InChI is InChI=1S/C5H7FO3.Li/c1-2-3(4(6)7)5(8)9;/h3H,2H2,1H3,(H,8,9);/q;+1/p-1. The molecule has 1 unspecified atom stereocenters. The summed E-state index contributed by atoms with van der Waals surface area (Å²) < 4.78 is 11.6. The monoisotopic (exact) mass is 140 g/mol. The van der Waals surface area contributed by atoms with Crippen LogP contribution in [-0.4, -0.2) is 12.0 Å². The molecular formula is C5H6FLiO3. The number of hydrogen-bond acceptors (Lipinski definition) is 3. The number of hydrogen-bond donors (Lipinski definition) is 0. The molecule has 0 amide bonds. The van der Waals surface area contributed by atoms with Crippen molar-refractivity contribution in [1.82, 2.24) is 0 Å². The van der Waals surface area contributed by atoms with E-state index >= 15 is 0 Å². The molecule has 5 heteroatoms. The van der Waals surface area contributed by atoms with Gasteiger partial charge in [0.25, 0.3) is 0 Å². The van der Waals surface area contributed by atoms with Crippen LogP contribution >= 0.6 is 0 Å². The predicted molar refractivity (Wildman–Crippen MR) is 24.9 cm³/mol. The molecule has 0 fully saturated rings. The zero-order valence-corrected chi connectivity index (χ0v) is 5.89. The minimum absolute atomic E-state index is 0. The summed E-state index contributed by atoms with van der Waals surface area (Å²) >= 11 is 0. The van der Waals surface area contributed by atoms with E-state index in [0.29, 0.717) is 0 Å². The molecule has 0 spiro atoms. The van der Waals surface area contributed by atoms with Crippen molar-refractivity contribution in [3.8, 4) is 0 Å². The summed E-state index contributed by atoms with van der Waals surface area (Å²) in [5.74, 6) is -3.23. The number of carbonyl (C=O) groups is 2. The van der Waals surface area contributed by atoms with Crippen LogP contribution in [0.25, 0.3) is 0 Å². The van der Waals surface area contributed by atoms with E-state index in [-0.39, 0.29) is 25.3 Å². The Kier molecular flexibility index (Phi) is 6.74. The van der Waals surface area contributed by atoms with Gasteiger partial charge in [-0.3, -0.25) is 4.79 Å². The molecule has 1 atom stereocenters. The molecule has 0 aliphatic carbocycles. The number of aliphatic carboxylic acids is 1. The van der Waals surface area contributed by atoms with Gasteiger partial charge in [-0.2, -0.15) is 4.39 Å². The molecule has 0 rings (SSSR count). The molecule has 3 nitrogen and oxygen atoms in total. The van der Waals surface area contributed by atoms with Gasteiger partial charge in [0.2, 0.25) is 0 Å². The van der Waals surface area contributed by atoms with Crippen molar-refractivity contribution in [2.45, 2.75) is 13.3 Å². The van der Waals surface area contributed by atoms with Gasteiger partial charge in [-0.25, -0.2) is 0 Å². The van der Waals surface area contributed by atoms with Gasteiger partial charge >= 0.3 is 24.9 Å². The topological polar surface area (TPSA) is 57.2 Å². The van der Waals surface area contributed by atoms with Crippen LogP contribution in [0.4, 0.5) is 4.39 Å². The molecule has 0 N–H and O–H groups in total. The van der Waals surface area contributed by atoms with Gasteiger partial charge in [-0.15, -0.1) is 0 Å². The maximum atomic E-state index is 11.6. The van der Waals surface area contributed by atoms with Crippen LogP contribution in [0.5, 0.6) is 0 Å². The zero-order valence-electron chi connectivity index (χ0n) is 5.89. The number of rotatable bonds is 3. The van der Waals surface area contributed by atoms with Crippen molar-refractivity contribution >= 4 is 12.0 Å². The summed E-state index contributed by atoms with van der Waals surface area (Å²) in [5, 5.41) is 9.80. The SMILES string of the molecule is CCC(C(=O)[O-])C(=O)F.[Li+]. The van der Waals surface area contributed by atoms with Crippen LogP contribution in [0.1, 0.15) is 13.3 Å². The van der Waals surface area contributed by atoms with Gasteiger partial charge in [0, 0.05) is 0 Å². The van der Waals surface area contributed by atoms with Gasteiger partial charge in [0.1, 0.15) is 0 Å². The molecule has 0 bridgehead atoms. The van der Waals surface area contributed by atoms with Crippen molar-refractivity contribution in [2.24, 2.45) is 5.92 Å². The van der Waals surface area contributed by atoms with Crippen molar-refractivity contribution in [1.29, 1.82) is 0 Å². The molecule has 0 aliphatic heterocycles. The van der Waals surface area contributed by atoms with Crippen molar-refractivity contribution in [3.63, 3.8) is 0 Å². The molecule has 10 heavy (non-hydrogen) atoms. The number of carboxylic acids is 1. The Bertz CT molecular complexity index is 123. The first-order chi connectivity index (χ1) is 4.09. The van der Waals surface area contributed by atoms with Gasteiger partial charge in [-0.05, 0) is 6.42 Å². The van der Waals surface area contributed by atoms with Gasteiger partial charge in [-0.1, -0.05) is 6.92 Å². The molecule has 0 radical (unpaired) electrons. The molecule has 0 aromatic heterocycles. The normalized spacial score (nSPS) is 11.4. The third-order valence-corrected chi connectivity index (χ3v) is 0.967. The molecular weight excluding hydrogens is 134 g/mol. The molecule has 0 aromatic rings. The molecule has 52 valence electrons. The summed E-state index contributed by atoms with van der Waals surface area (Å²) in [6.07, 6.45) is -0.0579. The largest absolute Gasteiger partial charge is 1.00 e. The van der Waals surface area contributed by atoms with Gasteiger partial charge < -0.3 is 9.90 Å². The fourth-order valence-corrected chi connectivity index (χ4v) is 0.420. The van der Waals surface area contributed by atoms with Crippen LogP contribution < -0.4 is 24.0 Å². The number of carboxylic acid groups (broad SMARTS) is 1. The molecule has 0 saturated heterocycles. The molecule has 0 aliphatic rings. The Hall–Kier alpha value is -0.333. The summed E-state index contributed by atoms with van der Waals surface area (Å²) in [5.41, 5.74) is 0. The first kappa shape index (κ1) is 12.4. The molecule has 0 aromatic carbocycles. The second kappa shape index (κ2) is 5.45. The quantitative estimate of drug-likeness (QED) is 0.230. The van der Waals surface area contributed by atoms with E-state index in [9.17, 15) is 19.1 Å². The third kappa shape index (κ3) is 3.65. The maximum Gasteiger partial charge on any atom is 1.00 e. The Balaban J connectivity index is 0. The molecule has 0 saturated carbocycles. The Labute approximate surface area is 69.8 Å². The van der Waals surface area contributed by atoms with Crippen LogP contribution in [-0.2, 0) is 9.59 Å². The maximum absolute atomic E-state index is 11.6. The average molecular weight is 140 g/mol. The van der Waals surface area contributed by atoms with E-state index in [2.05, 4.69) is 0 Å². The van der Waals surface area contributed by atoms with E-state index in [0.717, 1.165) is 0 Å². The Morgan fingerprint density at radius 1 is 1.60 bits per heavy atom. The summed E-state index contributed by atoms with van der Waals surface area (Å²) in [6.45, 7) is 1.40. The van der Waals surface area contributed by atoms with Crippen LogP contribution in [0.3, 0.4) is 0 Å². The fourth-order valence-electron chi connectivity index (χ4n) is 0.420. The second-order valence-corrected chi connectivity index (χ2v) is 1.58. The van der Waals surface area contributed by atoms with Gasteiger partial charge in [0.05, 0.1) is 11.9 Å². The van der Waals surface area contributed by atoms with Crippen LogP contribution in [0, 0.1) is 5.92 Å². The van der Waals surface area contributed by atoms with E-state index in [1.807, 2.05) is 0 Å². The fraction of sp³-hybridized carbons (Fsp3) is 0.600. The second-order valence-electron chi connectivity index (χ2n) is 1.58. The first-order valence-corrected chi connectivity index (χ1v) is 2.49. The van der Waals surface area contributed by atoms with E-state index in [1.54, 1.807) is 0 Å². The third-order valence-electron chi connectivity index (χ3n) is 0.967. The smallest absolute Gasteiger partial charge is 0.549 e. The van der Waals surface area contributed by atoms with E-state index in [1.165, 1.54) is 6.92 Å². The zero-order chi connectivity index (χ0) is 7.44. The van der Waals surface area contributed by atoms with Crippen molar-refractivity contribution in [3.05, 3.63) is 0 Å². The first-order valence-electron chi connectivity index (χ1n) is 2.49. The summed E-state index contributed by atoms with van der Waals surface area (Å²) in [7, 11) is 0. The van der Waals surface area contributed by atoms with E-state index in [4.69, 9.17) is 0 Å². The summed E-state index contributed by atoms with van der Waals surface area (Å²) in [6, 6.07) is -1.84. The Morgan fingerprint density at radius 2 is 2.00 bits per heavy atom. The Morgan fingerprint density at radius 3 is 2.00 bits per heavy atom. The van der Waals surface area contributed by atoms with Crippen molar-refractivity contribution < 1.29 is 37.9 Å². The summed E-state index contributed by atoms with van der Waals surface area (Å²) in [4.78, 5) is 19.5.